The van der Waals surface area contributed by atoms with Crippen molar-refractivity contribution in [1.29, 1.82) is 0 Å². The van der Waals surface area contributed by atoms with E-state index in [1.54, 1.807) is 0 Å². The number of hydrogen-bond acceptors (Lipinski definition) is 4. The number of H-pyrrole nitrogens is 1. The number of carbonyl (C=O) groups is 1. The Morgan fingerprint density at radius 2 is 2.36 bits per heavy atom. The molecule has 2 N–H and O–H groups in total. The summed E-state index contributed by atoms with van der Waals surface area (Å²) in [5, 5.41) is 3.55. The van der Waals surface area contributed by atoms with Crippen LogP contribution >= 0.6 is 11.6 Å². The summed E-state index contributed by atoms with van der Waals surface area (Å²) < 4.78 is 11.0. The van der Waals surface area contributed by atoms with Gasteiger partial charge in [0.1, 0.15) is 12.4 Å². The zero-order chi connectivity index (χ0) is 17.5. The van der Waals surface area contributed by atoms with Crippen LogP contribution in [0.4, 0.5) is 0 Å². The van der Waals surface area contributed by atoms with Gasteiger partial charge in [-0.05, 0) is 43.9 Å². The average molecular weight is 366 g/mol. The molecule has 25 heavy (non-hydrogen) atoms. The van der Waals surface area contributed by atoms with E-state index in [0.717, 1.165) is 49.1 Å². The predicted molar refractivity (Wildman–Crippen MR) is 96.8 cm³/mol. The van der Waals surface area contributed by atoms with E-state index in [-0.39, 0.29) is 18.6 Å². The second-order valence-electron chi connectivity index (χ2n) is 6.30. The van der Waals surface area contributed by atoms with E-state index in [9.17, 15) is 4.79 Å². The molecule has 0 spiro atoms. The lowest BCUT2D eigenvalue weighted by molar-refractivity contribution is -0.127. The van der Waals surface area contributed by atoms with Gasteiger partial charge >= 0.3 is 0 Å². The summed E-state index contributed by atoms with van der Waals surface area (Å²) >= 11 is 5.97. The molecule has 6 nitrogen and oxygen atoms in total. The van der Waals surface area contributed by atoms with Crippen LogP contribution in [0.2, 0.25) is 5.02 Å². The fraction of sp³-hybridized carbons (Fsp3) is 0.556. The normalized spacial score (nSPS) is 17.7. The predicted octanol–water partition coefficient (Wildman–Crippen LogP) is 2.85. The lowest BCUT2D eigenvalue weighted by Gasteiger charge is -2.22. The third kappa shape index (κ3) is 5.70. The van der Waals surface area contributed by atoms with Gasteiger partial charge in [-0.15, -0.1) is 0 Å². The summed E-state index contributed by atoms with van der Waals surface area (Å²) in [5.74, 6) is 0.810. The number of aryl methyl sites for hydroxylation is 1. The molecular formula is C18H24ClN3O3. The molecule has 0 radical (unpaired) electrons. The van der Waals surface area contributed by atoms with Gasteiger partial charge in [-0.3, -0.25) is 4.79 Å². The van der Waals surface area contributed by atoms with Crippen molar-refractivity contribution in [2.45, 2.75) is 38.2 Å². The van der Waals surface area contributed by atoms with Gasteiger partial charge in [0.05, 0.1) is 23.7 Å². The van der Waals surface area contributed by atoms with Crippen LogP contribution in [0, 0.1) is 0 Å². The van der Waals surface area contributed by atoms with Crippen molar-refractivity contribution in [2.75, 3.05) is 26.4 Å². The molecule has 1 aromatic carbocycles. The fourth-order valence-electron chi connectivity index (χ4n) is 2.91. The Balaban J connectivity index is 1.30. The number of halogens is 1. The molecule has 3 rings (SSSR count). The number of nitrogens with one attached hydrogen (secondary N) is 2. The second-order valence-corrected chi connectivity index (χ2v) is 6.74. The van der Waals surface area contributed by atoms with E-state index in [2.05, 4.69) is 15.3 Å². The van der Waals surface area contributed by atoms with E-state index in [4.69, 9.17) is 21.1 Å². The molecule has 2 aromatic rings. The number of amides is 1. The molecule has 0 saturated carbocycles. The smallest absolute Gasteiger partial charge is 0.245 e. The monoisotopic (exact) mass is 365 g/mol. The molecule has 2 heterocycles. The zero-order valence-electron chi connectivity index (χ0n) is 14.2. The Morgan fingerprint density at radius 3 is 3.20 bits per heavy atom. The van der Waals surface area contributed by atoms with Crippen LogP contribution in [0.25, 0.3) is 11.0 Å². The van der Waals surface area contributed by atoms with Crippen LogP contribution in [0.15, 0.2) is 18.2 Å². The zero-order valence-corrected chi connectivity index (χ0v) is 15.0. The van der Waals surface area contributed by atoms with Crippen molar-refractivity contribution in [2.24, 2.45) is 0 Å². The number of ether oxygens (including phenoxy) is 2. The number of rotatable bonds is 8. The molecule has 0 bridgehead atoms. The molecule has 1 saturated heterocycles. The molecular weight excluding hydrogens is 342 g/mol. The number of nitrogens with zero attached hydrogens (tertiary/aromatic N) is 1. The number of fused-ring (bicyclic) bond motifs is 1. The Morgan fingerprint density at radius 1 is 1.44 bits per heavy atom. The van der Waals surface area contributed by atoms with Gasteiger partial charge in [-0.25, -0.2) is 4.98 Å². The van der Waals surface area contributed by atoms with Crippen LogP contribution < -0.4 is 5.32 Å². The Kier molecular flexibility index (Phi) is 6.67. The molecule has 1 aliphatic rings. The van der Waals surface area contributed by atoms with Crippen LogP contribution in [0.3, 0.4) is 0 Å². The number of carbonyl (C=O) groups excluding carboxylic acids is 1. The van der Waals surface area contributed by atoms with Crippen molar-refractivity contribution in [1.82, 2.24) is 15.3 Å². The maximum atomic E-state index is 11.8. The Bertz CT molecular complexity index is 698. The first-order valence-electron chi connectivity index (χ1n) is 8.81. The molecule has 136 valence electrons. The third-order valence-electron chi connectivity index (χ3n) is 4.22. The topological polar surface area (TPSA) is 76.2 Å². The van der Waals surface area contributed by atoms with E-state index >= 15 is 0 Å². The summed E-state index contributed by atoms with van der Waals surface area (Å²) in [5.41, 5.74) is 1.84. The van der Waals surface area contributed by atoms with Gasteiger partial charge < -0.3 is 19.8 Å². The first-order valence-corrected chi connectivity index (χ1v) is 9.19. The fourth-order valence-corrected chi connectivity index (χ4v) is 3.08. The molecule has 0 aliphatic carbocycles. The second kappa shape index (κ2) is 9.17. The van der Waals surface area contributed by atoms with Crippen molar-refractivity contribution >= 4 is 28.5 Å². The number of imidazole rings is 1. The van der Waals surface area contributed by atoms with Crippen molar-refractivity contribution in [3.8, 4) is 0 Å². The van der Waals surface area contributed by atoms with E-state index in [1.165, 1.54) is 6.42 Å². The highest BCUT2D eigenvalue weighted by Crippen LogP contribution is 2.17. The number of aromatic nitrogens is 2. The Hall–Kier alpha value is -1.63. The van der Waals surface area contributed by atoms with Gasteiger partial charge in [0.25, 0.3) is 0 Å². The minimum atomic E-state index is -0.0906. The SMILES string of the molecule is O=C(COC[C@H]1CCCCO1)NCCCc1nc2ccc(Cl)cc2[nH]1. The first-order chi connectivity index (χ1) is 12.2. The first kappa shape index (κ1) is 18.2. The van der Waals surface area contributed by atoms with Crippen LogP contribution in [0.1, 0.15) is 31.5 Å². The highest BCUT2D eigenvalue weighted by atomic mass is 35.5. The van der Waals surface area contributed by atoms with Crippen molar-refractivity contribution in [3.05, 3.63) is 29.0 Å². The lowest BCUT2D eigenvalue weighted by Crippen LogP contribution is -2.31. The summed E-state index contributed by atoms with van der Waals surface area (Å²) in [7, 11) is 0. The van der Waals surface area contributed by atoms with E-state index in [1.807, 2.05) is 18.2 Å². The van der Waals surface area contributed by atoms with Gasteiger partial charge in [-0.1, -0.05) is 11.6 Å². The van der Waals surface area contributed by atoms with Crippen LogP contribution in [-0.2, 0) is 20.7 Å². The van der Waals surface area contributed by atoms with Crippen molar-refractivity contribution in [3.63, 3.8) is 0 Å². The summed E-state index contributed by atoms with van der Waals surface area (Å²) in [6.07, 6.45) is 5.03. The standard InChI is InChI=1S/C18H24ClN3O3/c19-13-6-7-15-16(10-13)22-17(21-15)5-3-8-20-18(23)12-24-11-14-4-1-2-9-25-14/h6-7,10,14H,1-5,8-9,11-12H2,(H,20,23)(H,21,22)/t14-/m1/s1. The largest absolute Gasteiger partial charge is 0.376 e. The minimum absolute atomic E-state index is 0.0863. The summed E-state index contributed by atoms with van der Waals surface area (Å²) in [6, 6.07) is 5.59. The number of aromatic amines is 1. The molecule has 1 aliphatic heterocycles. The maximum absolute atomic E-state index is 11.8. The van der Waals surface area contributed by atoms with Crippen LogP contribution in [0.5, 0.6) is 0 Å². The maximum Gasteiger partial charge on any atom is 0.245 e. The van der Waals surface area contributed by atoms with Gasteiger partial charge in [0.2, 0.25) is 5.91 Å². The van der Waals surface area contributed by atoms with Crippen LogP contribution in [-0.4, -0.2) is 48.3 Å². The molecule has 1 amide bonds. The molecule has 1 aromatic heterocycles. The van der Waals surface area contributed by atoms with Crippen molar-refractivity contribution < 1.29 is 14.3 Å². The molecule has 1 atom stereocenters. The molecule has 1 fully saturated rings. The average Bonchev–Trinajstić information content (AvgIpc) is 3.01. The minimum Gasteiger partial charge on any atom is -0.376 e. The van der Waals surface area contributed by atoms with E-state index < -0.39 is 0 Å². The number of hydrogen-bond donors (Lipinski definition) is 2. The van der Waals surface area contributed by atoms with E-state index in [0.29, 0.717) is 18.2 Å². The highest BCUT2D eigenvalue weighted by molar-refractivity contribution is 6.31. The summed E-state index contributed by atoms with van der Waals surface area (Å²) in [4.78, 5) is 19.5. The summed E-state index contributed by atoms with van der Waals surface area (Å²) in [6.45, 7) is 1.98. The third-order valence-corrected chi connectivity index (χ3v) is 4.45. The molecule has 0 unspecified atom stereocenters. The Labute approximate surface area is 152 Å². The van der Waals surface area contributed by atoms with Gasteiger partial charge in [0, 0.05) is 24.6 Å². The van der Waals surface area contributed by atoms with Gasteiger partial charge in [0.15, 0.2) is 0 Å². The quantitative estimate of drug-likeness (QED) is 0.705. The lowest BCUT2D eigenvalue weighted by atomic mass is 10.1. The highest BCUT2D eigenvalue weighted by Gasteiger charge is 2.14. The van der Waals surface area contributed by atoms with Gasteiger partial charge in [-0.2, -0.15) is 0 Å². The molecule has 7 heteroatoms. The number of benzene rings is 1.